The molecule has 3 rings (SSSR count). The third-order valence-corrected chi connectivity index (χ3v) is 4.63. The van der Waals surface area contributed by atoms with Crippen molar-refractivity contribution in [2.45, 2.75) is 12.5 Å². The molecule has 1 aliphatic heterocycles. The van der Waals surface area contributed by atoms with Crippen molar-refractivity contribution in [1.82, 2.24) is 0 Å². The van der Waals surface area contributed by atoms with Gasteiger partial charge in [0.25, 0.3) is 0 Å². The molecule has 0 amide bonds. The number of fused-ring (bicyclic) bond motifs is 1. The third kappa shape index (κ3) is 3.13. The normalized spacial score (nSPS) is 16.6. The van der Waals surface area contributed by atoms with Gasteiger partial charge in [0.05, 0.1) is 12.2 Å². The number of benzene rings is 2. The van der Waals surface area contributed by atoms with Gasteiger partial charge in [0.15, 0.2) is 0 Å². The predicted octanol–water partition coefficient (Wildman–Crippen LogP) is 5.28. The average molecular weight is 418 g/mol. The summed E-state index contributed by atoms with van der Waals surface area (Å²) in [5, 5.41) is 4.09. The first-order valence-electron chi connectivity index (χ1n) is 6.26. The van der Waals surface area contributed by atoms with Crippen molar-refractivity contribution in [2.24, 2.45) is 0 Å². The van der Waals surface area contributed by atoms with E-state index in [2.05, 4.69) is 43.2 Å². The number of hydrogen-bond acceptors (Lipinski definition) is 2. The van der Waals surface area contributed by atoms with Crippen molar-refractivity contribution in [1.29, 1.82) is 0 Å². The van der Waals surface area contributed by atoms with Gasteiger partial charge in [-0.1, -0.05) is 27.5 Å². The van der Waals surface area contributed by atoms with Crippen LogP contribution in [-0.2, 0) is 6.42 Å². The summed E-state index contributed by atoms with van der Waals surface area (Å²) in [5.41, 5.74) is 2.23. The van der Waals surface area contributed by atoms with Gasteiger partial charge in [-0.25, -0.2) is 0 Å². The first kappa shape index (κ1) is 14.2. The van der Waals surface area contributed by atoms with E-state index in [1.54, 1.807) is 0 Å². The molecule has 0 saturated heterocycles. The van der Waals surface area contributed by atoms with Crippen LogP contribution >= 0.6 is 43.5 Å². The highest BCUT2D eigenvalue weighted by molar-refractivity contribution is 9.10. The molecule has 1 aliphatic rings. The zero-order valence-electron chi connectivity index (χ0n) is 10.5. The second-order valence-electron chi connectivity index (χ2n) is 4.70. The molecular formula is C15H12Br2ClNO. The molecule has 0 aromatic heterocycles. The lowest BCUT2D eigenvalue weighted by atomic mass is 10.1. The van der Waals surface area contributed by atoms with Crippen LogP contribution in [0.15, 0.2) is 45.3 Å². The maximum Gasteiger partial charge on any atom is 0.123 e. The van der Waals surface area contributed by atoms with Gasteiger partial charge in [0, 0.05) is 20.4 Å². The molecular weight excluding hydrogens is 405 g/mol. The molecule has 0 bridgehead atoms. The molecule has 2 aromatic rings. The van der Waals surface area contributed by atoms with E-state index in [-0.39, 0.29) is 6.10 Å². The molecule has 0 saturated carbocycles. The summed E-state index contributed by atoms with van der Waals surface area (Å²) < 4.78 is 8.01. The van der Waals surface area contributed by atoms with E-state index in [1.165, 1.54) is 5.56 Å². The number of rotatable bonds is 3. The van der Waals surface area contributed by atoms with Crippen molar-refractivity contribution in [3.8, 4) is 5.75 Å². The maximum absolute atomic E-state index is 6.01. The van der Waals surface area contributed by atoms with E-state index in [4.69, 9.17) is 16.3 Å². The van der Waals surface area contributed by atoms with Crippen LogP contribution in [0, 0.1) is 0 Å². The molecule has 2 aromatic carbocycles. The first-order chi connectivity index (χ1) is 9.61. The van der Waals surface area contributed by atoms with Crippen LogP contribution in [0.5, 0.6) is 5.75 Å². The van der Waals surface area contributed by atoms with Gasteiger partial charge in [-0.05, 0) is 57.9 Å². The molecule has 104 valence electrons. The molecule has 0 aliphatic carbocycles. The van der Waals surface area contributed by atoms with Crippen molar-refractivity contribution < 1.29 is 4.74 Å². The average Bonchev–Trinajstić information content (AvgIpc) is 2.81. The van der Waals surface area contributed by atoms with Crippen molar-refractivity contribution in [3.05, 3.63) is 55.9 Å². The minimum Gasteiger partial charge on any atom is -0.488 e. The molecule has 1 atom stereocenters. The van der Waals surface area contributed by atoms with E-state index < -0.39 is 0 Å². The summed E-state index contributed by atoms with van der Waals surface area (Å²) >= 11 is 13.0. The van der Waals surface area contributed by atoms with E-state index in [0.717, 1.165) is 38.4 Å². The Bertz CT molecular complexity index is 648. The van der Waals surface area contributed by atoms with Crippen molar-refractivity contribution in [3.63, 3.8) is 0 Å². The Balaban J connectivity index is 1.65. The highest BCUT2D eigenvalue weighted by Gasteiger charge is 2.22. The third-order valence-electron chi connectivity index (χ3n) is 3.21. The van der Waals surface area contributed by atoms with E-state index >= 15 is 0 Å². The number of nitrogens with one attached hydrogen (secondary N) is 1. The zero-order valence-corrected chi connectivity index (χ0v) is 14.4. The second-order valence-corrected chi connectivity index (χ2v) is 6.91. The molecule has 0 spiro atoms. The van der Waals surface area contributed by atoms with Crippen LogP contribution in [0.4, 0.5) is 5.69 Å². The molecule has 0 fully saturated rings. The van der Waals surface area contributed by atoms with E-state index in [1.807, 2.05) is 30.3 Å². The highest BCUT2D eigenvalue weighted by Crippen LogP contribution is 2.32. The van der Waals surface area contributed by atoms with Crippen LogP contribution in [0.2, 0.25) is 5.02 Å². The fourth-order valence-corrected chi connectivity index (χ4v) is 3.23. The largest absolute Gasteiger partial charge is 0.488 e. The van der Waals surface area contributed by atoms with Crippen LogP contribution in [0.3, 0.4) is 0 Å². The van der Waals surface area contributed by atoms with E-state index in [9.17, 15) is 0 Å². The Kier molecular flexibility index (Phi) is 4.24. The number of ether oxygens (including phenoxy) is 1. The van der Waals surface area contributed by atoms with Gasteiger partial charge < -0.3 is 10.1 Å². The standard InChI is InChI=1S/C15H12Br2ClNO/c16-10-1-4-15-9(5-10)6-12(20-15)8-19-14-7-11(18)2-3-13(14)17/h1-5,7,12,19H,6,8H2. The lowest BCUT2D eigenvalue weighted by molar-refractivity contribution is 0.246. The van der Waals surface area contributed by atoms with Crippen LogP contribution in [0.1, 0.15) is 5.56 Å². The van der Waals surface area contributed by atoms with Crippen LogP contribution in [-0.4, -0.2) is 12.6 Å². The molecule has 20 heavy (non-hydrogen) atoms. The quantitative estimate of drug-likeness (QED) is 0.734. The Morgan fingerprint density at radius 3 is 2.90 bits per heavy atom. The Morgan fingerprint density at radius 2 is 2.05 bits per heavy atom. The number of anilines is 1. The summed E-state index contributed by atoms with van der Waals surface area (Å²) in [5.74, 6) is 0.977. The van der Waals surface area contributed by atoms with Gasteiger partial charge in [-0.2, -0.15) is 0 Å². The molecule has 1 N–H and O–H groups in total. The zero-order chi connectivity index (χ0) is 14.1. The van der Waals surface area contributed by atoms with Gasteiger partial charge in [0.1, 0.15) is 11.9 Å². The Labute approximate surface area is 139 Å². The number of hydrogen-bond donors (Lipinski definition) is 1. The summed E-state index contributed by atoms with van der Waals surface area (Å²) in [7, 11) is 0. The smallest absolute Gasteiger partial charge is 0.123 e. The molecule has 0 radical (unpaired) electrons. The minimum atomic E-state index is 0.144. The molecule has 1 heterocycles. The monoisotopic (exact) mass is 415 g/mol. The van der Waals surface area contributed by atoms with E-state index in [0.29, 0.717) is 0 Å². The summed E-state index contributed by atoms with van der Waals surface area (Å²) in [4.78, 5) is 0. The lowest BCUT2D eigenvalue weighted by Gasteiger charge is -2.14. The van der Waals surface area contributed by atoms with Gasteiger partial charge in [-0.15, -0.1) is 0 Å². The van der Waals surface area contributed by atoms with Crippen molar-refractivity contribution >= 4 is 49.1 Å². The van der Waals surface area contributed by atoms with Gasteiger partial charge in [0.2, 0.25) is 0 Å². The van der Waals surface area contributed by atoms with Gasteiger partial charge >= 0.3 is 0 Å². The summed E-state index contributed by atoms with van der Waals surface area (Å²) in [6.45, 7) is 0.741. The van der Waals surface area contributed by atoms with Crippen LogP contribution in [0.25, 0.3) is 0 Å². The minimum absolute atomic E-state index is 0.144. The summed E-state index contributed by atoms with van der Waals surface area (Å²) in [6, 6.07) is 11.8. The number of halogens is 3. The fourth-order valence-electron chi connectivity index (χ4n) is 2.26. The lowest BCUT2D eigenvalue weighted by Crippen LogP contribution is -2.24. The predicted molar refractivity (Wildman–Crippen MR) is 89.9 cm³/mol. The van der Waals surface area contributed by atoms with Gasteiger partial charge in [-0.3, -0.25) is 0 Å². The Morgan fingerprint density at radius 1 is 1.20 bits per heavy atom. The Hall–Kier alpha value is -0.710. The van der Waals surface area contributed by atoms with Crippen LogP contribution < -0.4 is 10.1 Å². The first-order valence-corrected chi connectivity index (χ1v) is 8.22. The SMILES string of the molecule is Clc1ccc(Br)c(NCC2Cc3cc(Br)ccc3O2)c1. The molecule has 2 nitrogen and oxygen atoms in total. The fraction of sp³-hybridized carbons (Fsp3) is 0.200. The topological polar surface area (TPSA) is 21.3 Å². The molecule has 1 unspecified atom stereocenters. The molecule has 5 heteroatoms. The highest BCUT2D eigenvalue weighted by atomic mass is 79.9. The maximum atomic E-state index is 6.01. The second kappa shape index (κ2) is 5.96. The van der Waals surface area contributed by atoms with Crippen molar-refractivity contribution in [2.75, 3.05) is 11.9 Å². The summed E-state index contributed by atoms with van der Waals surface area (Å²) in [6.07, 6.45) is 1.06.